The predicted octanol–water partition coefficient (Wildman–Crippen LogP) is 0.732. The monoisotopic (exact) mass is 177 g/mol. The molecule has 0 radical (unpaired) electrons. The molecule has 0 unspecified atom stereocenters. The van der Waals surface area contributed by atoms with E-state index in [1.54, 1.807) is 17.1 Å². The molecule has 2 heterocycles. The first-order chi connectivity index (χ1) is 6.31. The van der Waals surface area contributed by atoms with Crippen molar-refractivity contribution in [3.63, 3.8) is 0 Å². The van der Waals surface area contributed by atoms with Crippen LogP contribution in [0.3, 0.4) is 0 Å². The second-order valence-electron chi connectivity index (χ2n) is 3.02. The average Bonchev–Trinajstić information content (AvgIpc) is 2.49. The minimum atomic E-state index is 0.0896. The second-order valence-corrected chi connectivity index (χ2v) is 3.02. The molecule has 13 heavy (non-hydrogen) atoms. The number of aliphatic hydroxyl groups is 1. The highest BCUT2D eigenvalue weighted by atomic mass is 16.3. The van der Waals surface area contributed by atoms with E-state index in [1.165, 1.54) is 0 Å². The lowest BCUT2D eigenvalue weighted by Crippen LogP contribution is -2.04. The first-order valence-electron chi connectivity index (χ1n) is 4.20. The van der Waals surface area contributed by atoms with Gasteiger partial charge in [-0.15, -0.1) is 0 Å². The minimum Gasteiger partial charge on any atom is -0.394 e. The van der Waals surface area contributed by atoms with Crippen LogP contribution in [0.25, 0.3) is 11.0 Å². The van der Waals surface area contributed by atoms with Gasteiger partial charge >= 0.3 is 0 Å². The Bertz CT molecular complexity index is 422. The van der Waals surface area contributed by atoms with Gasteiger partial charge in [0.1, 0.15) is 0 Å². The molecule has 0 aliphatic carbocycles. The van der Waals surface area contributed by atoms with Crippen molar-refractivity contribution in [2.45, 2.75) is 13.5 Å². The highest BCUT2D eigenvalue weighted by Crippen LogP contribution is 2.11. The van der Waals surface area contributed by atoms with E-state index in [9.17, 15) is 0 Å². The molecule has 4 nitrogen and oxygen atoms in total. The molecule has 0 amide bonds. The molecule has 2 aromatic rings. The Hall–Kier alpha value is -1.42. The van der Waals surface area contributed by atoms with Crippen LogP contribution < -0.4 is 0 Å². The summed E-state index contributed by atoms with van der Waals surface area (Å²) in [5.74, 6) is 0. The number of nitrogens with zero attached hydrogens (tertiary/aromatic N) is 3. The maximum absolute atomic E-state index is 8.76. The highest BCUT2D eigenvalue weighted by Gasteiger charge is 2.02. The van der Waals surface area contributed by atoms with E-state index in [2.05, 4.69) is 10.1 Å². The molecule has 0 spiro atoms. The number of hydrogen-bond donors (Lipinski definition) is 1. The van der Waals surface area contributed by atoms with E-state index in [1.807, 2.05) is 13.0 Å². The van der Waals surface area contributed by atoms with Gasteiger partial charge in [0.2, 0.25) is 0 Å². The maximum Gasteiger partial charge on any atom is 0.157 e. The number of aliphatic hydroxyl groups excluding tert-OH is 1. The van der Waals surface area contributed by atoms with Crippen LogP contribution >= 0.6 is 0 Å². The third-order valence-corrected chi connectivity index (χ3v) is 1.92. The van der Waals surface area contributed by atoms with Crippen molar-refractivity contribution >= 4 is 11.0 Å². The first-order valence-corrected chi connectivity index (χ1v) is 4.20. The zero-order valence-electron chi connectivity index (χ0n) is 7.44. The molecule has 0 bridgehead atoms. The molecule has 0 atom stereocenters. The molecule has 2 rings (SSSR count). The maximum atomic E-state index is 8.76. The fourth-order valence-corrected chi connectivity index (χ4v) is 1.34. The van der Waals surface area contributed by atoms with Gasteiger partial charge in [-0.05, 0) is 18.6 Å². The van der Waals surface area contributed by atoms with E-state index < -0.39 is 0 Å². The average molecular weight is 177 g/mol. The van der Waals surface area contributed by atoms with Crippen molar-refractivity contribution in [2.75, 3.05) is 6.61 Å². The van der Waals surface area contributed by atoms with Crippen molar-refractivity contribution in [3.8, 4) is 0 Å². The van der Waals surface area contributed by atoms with E-state index in [0.29, 0.717) is 6.54 Å². The lowest BCUT2D eigenvalue weighted by Gasteiger charge is -1.98. The standard InChI is InChI=1S/C9H11N3O/c1-7-4-8-6-11-12(2-3-13)9(8)10-5-7/h4-6,13H,2-3H2,1H3. The summed E-state index contributed by atoms with van der Waals surface area (Å²) in [5.41, 5.74) is 1.95. The normalized spacial score (nSPS) is 10.9. The van der Waals surface area contributed by atoms with Crippen LogP contribution in [0.5, 0.6) is 0 Å². The third kappa shape index (κ3) is 1.40. The Kier molecular flexibility index (Phi) is 1.98. The van der Waals surface area contributed by atoms with Crippen LogP contribution in [-0.2, 0) is 6.54 Å². The number of hydrogen-bond acceptors (Lipinski definition) is 3. The minimum absolute atomic E-state index is 0.0896. The summed E-state index contributed by atoms with van der Waals surface area (Å²) in [7, 11) is 0. The molecule has 4 heteroatoms. The van der Waals surface area contributed by atoms with Crippen molar-refractivity contribution < 1.29 is 5.11 Å². The Labute approximate surface area is 75.8 Å². The lowest BCUT2D eigenvalue weighted by atomic mass is 10.3. The van der Waals surface area contributed by atoms with E-state index in [4.69, 9.17) is 5.11 Å². The number of rotatable bonds is 2. The number of aryl methyl sites for hydroxylation is 1. The van der Waals surface area contributed by atoms with E-state index >= 15 is 0 Å². The summed E-state index contributed by atoms with van der Waals surface area (Å²) >= 11 is 0. The van der Waals surface area contributed by atoms with Gasteiger partial charge < -0.3 is 5.11 Å². The van der Waals surface area contributed by atoms with Crippen molar-refractivity contribution in [3.05, 3.63) is 24.0 Å². The Morgan fingerprint density at radius 1 is 1.46 bits per heavy atom. The summed E-state index contributed by atoms with van der Waals surface area (Å²) in [6.45, 7) is 2.59. The molecule has 0 aliphatic rings. The molecule has 1 N–H and O–H groups in total. The smallest absolute Gasteiger partial charge is 0.157 e. The predicted molar refractivity (Wildman–Crippen MR) is 49.4 cm³/mol. The van der Waals surface area contributed by atoms with Crippen molar-refractivity contribution in [1.29, 1.82) is 0 Å². The van der Waals surface area contributed by atoms with Crippen LogP contribution in [0.2, 0.25) is 0 Å². The van der Waals surface area contributed by atoms with Gasteiger partial charge in [-0.2, -0.15) is 5.10 Å². The fraction of sp³-hybridized carbons (Fsp3) is 0.333. The second kappa shape index (κ2) is 3.14. The quantitative estimate of drug-likeness (QED) is 0.735. The summed E-state index contributed by atoms with van der Waals surface area (Å²) in [6.07, 6.45) is 3.57. The SMILES string of the molecule is Cc1cnc2c(cnn2CCO)c1. The van der Waals surface area contributed by atoms with Crippen LogP contribution in [0.4, 0.5) is 0 Å². The first kappa shape index (κ1) is 8.19. The van der Waals surface area contributed by atoms with Gasteiger partial charge in [-0.25, -0.2) is 9.67 Å². The highest BCUT2D eigenvalue weighted by molar-refractivity contribution is 5.74. The molecule has 0 aromatic carbocycles. The summed E-state index contributed by atoms with van der Waals surface area (Å²) < 4.78 is 1.70. The van der Waals surface area contributed by atoms with Crippen LogP contribution in [0.1, 0.15) is 5.56 Å². The fourth-order valence-electron chi connectivity index (χ4n) is 1.34. The van der Waals surface area contributed by atoms with Crippen LogP contribution in [0, 0.1) is 6.92 Å². The molecule has 0 saturated heterocycles. The molecular formula is C9H11N3O. The van der Waals surface area contributed by atoms with Gasteiger partial charge in [0, 0.05) is 11.6 Å². The Balaban J connectivity index is 2.55. The van der Waals surface area contributed by atoms with E-state index in [-0.39, 0.29) is 6.61 Å². The third-order valence-electron chi connectivity index (χ3n) is 1.92. The van der Waals surface area contributed by atoms with Gasteiger partial charge in [0.05, 0.1) is 19.3 Å². The molecular weight excluding hydrogens is 166 g/mol. The zero-order chi connectivity index (χ0) is 9.26. The van der Waals surface area contributed by atoms with Crippen molar-refractivity contribution in [1.82, 2.24) is 14.8 Å². The van der Waals surface area contributed by atoms with Gasteiger partial charge in [-0.1, -0.05) is 0 Å². The lowest BCUT2D eigenvalue weighted by molar-refractivity contribution is 0.271. The van der Waals surface area contributed by atoms with E-state index in [0.717, 1.165) is 16.6 Å². The van der Waals surface area contributed by atoms with Gasteiger partial charge in [0.15, 0.2) is 5.65 Å². The van der Waals surface area contributed by atoms with Crippen LogP contribution in [0.15, 0.2) is 18.5 Å². The number of fused-ring (bicyclic) bond motifs is 1. The van der Waals surface area contributed by atoms with Gasteiger partial charge in [0.25, 0.3) is 0 Å². The Morgan fingerprint density at radius 3 is 3.08 bits per heavy atom. The molecule has 0 saturated carbocycles. The molecule has 68 valence electrons. The molecule has 0 aliphatic heterocycles. The zero-order valence-corrected chi connectivity index (χ0v) is 7.44. The molecule has 0 fully saturated rings. The van der Waals surface area contributed by atoms with Crippen molar-refractivity contribution in [2.24, 2.45) is 0 Å². The Morgan fingerprint density at radius 2 is 2.31 bits per heavy atom. The number of pyridine rings is 1. The van der Waals surface area contributed by atoms with Gasteiger partial charge in [-0.3, -0.25) is 0 Å². The summed E-state index contributed by atoms with van der Waals surface area (Å²) in [4.78, 5) is 4.25. The topological polar surface area (TPSA) is 50.9 Å². The summed E-state index contributed by atoms with van der Waals surface area (Å²) in [6, 6.07) is 2.03. The number of aromatic nitrogens is 3. The summed E-state index contributed by atoms with van der Waals surface area (Å²) in [5, 5.41) is 13.9. The van der Waals surface area contributed by atoms with Crippen LogP contribution in [-0.4, -0.2) is 26.5 Å². The largest absolute Gasteiger partial charge is 0.394 e. The molecule has 2 aromatic heterocycles.